The minimum atomic E-state index is -0.108. The fraction of sp³-hybridized carbons (Fsp3) is 0.136. The number of nitrogens with one attached hydrogen (secondary N) is 1. The molecule has 0 saturated heterocycles. The van der Waals surface area contributed by atoms with E-state index in [1.807, 2.05) is 55.6 Å². The van der Waals surface area contributed by atoms with Crippen molar-refractivity contribution in [3.63, 3.8) is 0 Å². The lowest BCUT2D eigenvalue weighted by molar-refractivity contribution is 0.102. The number of thiophene rings is 1. The van der Waals surface area contributed by atoms with Crippen molar-refractivity contribution in [3.05, 3.63) is 76.6 Å². The first-order valence-corrected chi connectivity index (χ1v) is 10.8. The first-order chi connectivity index (χ1) is 14.2. The maximum Gasteiger partial charge on any atom is 0.266 e. The smallest absolute Gasteiger partial charge is 0.266 e. The topological polar surface area (TPSA) is 64.1 Å². The van der Waals surface area contributed by atoms with Gasteiger partial charge in [0.05, 0.1) is 21.0 Å². The number of para-hydroxylation sites is 1. The Balaban J connectivity index is 1.58. The van der Waals surface area contributed by atoms with E-state index in [1.54, 1.807) is 6.20 Å². The maximum atomic E-state index is 13.1. The molecule has 5 nitrogen and oxygen atoms in total. The van der Waals surface area contributed by atoms with Gasteiger partial charge in [0, 0.05) is 18.1 Å². The third-order valence-corrected chi connectivity index (χ3v) is 6.86. The average Bonchev–Trinajstić information content (AvgIpc) is 3.35. The molecular weight excluding hydrogens is 402 g/mol. The SMILES string of the molecule is Cc1ncccc1Oc1sc(C(=O)Nc2ccccc2)c2c1-c1sncc1CC2. The summed E-state index contributed by atoms with van der Waals surface area (Å²) < 4.78 is 10.6. The number of rotatable bonds is 4. The molecule has 144 valence electrons. The predicted molar refractivity (Wildman–Crippen MR) is 116 cm³/mol. The number of nitrogens with zero attached hydrogens (tertiary/aromatic N) is 2. The molecule has 1 aliphatic carbocycles. The summed E-state index contributed by atoms with van der Waals surface area (Å²) >= 11 is 2.85. The van der Waals surface area contributed by atoms with Gasteiger partial charge in [-0.25, -0.2) is 4.37 Å². The Kier molecular flexibility index (Phi) is 4.61. The van der Waals surface area contributed by atoms with Crippen LogP contribution in [-0.2, 0) is 12.8 Å². The van der Waals surface area contributed by atoms with Crippen LogP contribution in [0.2, 0.25) is 0 Å². The molecule has 0 bridgehead atoms. The van der Waals surface area contributed by atoms with E-state index in [9.17, 15) is 4.79 Å². The second-order valence-electron chi connectivity index (χ2n) is 6.76. The number of ether oxygens (including phenoxy) is 1. The van der Waals surface area contributed by atoms with Crippen LogP contribution in [0.3, 0.4) is 0 Å². The Morgan fingerprint density at radius 2 is 2.00 bits per heavy atom. The zero-order valence-corrected chi connectivity index (χ0v) is 17.3. The summed E-state index contributed by atoms with van der Waals surface area (Å²) in [5.41, 5.74) is 4.84. The molecule has 1 N–H and O–H groups in total. The summed E-state index contributed by atoms with van der Waals surface area (Å²) in [7, 11) is 0. The van der Waals surface area contributed by atoms with E-state index in [4.69, 9.17) is 4.74 Å². The van der Waals surface area contributed by atoms with Crippen LogP contribution < -0.4 is 10.1 Å². The third-order valence-electron chi connectivity index (χ3n) is 4.89. The Labute approximate surface area is 176 Å². The molecule has 0 unspecified atom stereocenters. The number of benzene rings is 1. The number of hydrogen-bond donors (Lipinski definition) is 1. The van der Waals surface area contributed by atoms with E-state index in [0.717, 1.165) is 45.3 Å². The second-order valence-corrected chi connectivity index (χ2v) is 8.55. The van der Waals surface area contributed by atoms with E-state index in [2.05, 4.69) is 14.7 Å². The molecule has 5 rings (SSSR count). The van der Waals surface area contributed by atoms with Gasteiger partial charge in [-0.3, -0.25) is 9.78 Å². The highest BCUT2D eigenvalue weighted by Crippen LogP contribution is 2.50. The average molecular weight is 420 g/mol. The van der Waals surface area contributed by atoms with Crippen molar-refractivity contribution in [1.82, 2.24) is 9.36 Å². The molecule has 3 aromatic heterocycles. The zero-order chi connectivity index (χ0) is 19.8. The van der Waals surface area contributed by atoms with Gasteiger partial charge in [0.2, 0.25) is 0 Å². The lowest BCUT2D eigenvalue weighted by atomic mass is 9.93. The van der Waals surface area contributed by atoms with Crippen molar-refractivity contribution in [3.8, 4) is 21.3 Å². The summed E-state index contributed by atoms with van der Waals surface area (Å²) in [5, 5.41) is 3.73. The van der Waals surface area contributed by atoms with Crippen LogP contribution in [-0.4, -0.2) is 15.3 Å². The largest absolute Gasteiger partial charge is 0.444 e. The van der Waals surface area contributed by atoms with Crippen molar-refractivity contribution in [2.75, 3.05) is 5.32 Å². The highest BCUT2D eigenvalue weighted by molar-refractivity contribution is 7.17. The van der Waals surface area contributed by atoms with E-state index in [1.165, 1.54) is 28.4 Å². The number of amides is 1. The van der Waals surface area contributed by atoms with Gasteiger partial charge < -0.3 is 10.1 Å². The molecule has 7 heteroatoms. The predicted octanol–water partition coefficient (Wildman–Crippen LogP) is 5.72. The second kappa shape index (κ2) is 7.42. The normalized spacial score (nSPS) is 12.2. The molecule has 1 aliphatic rings. The summed E-state index contributed by atoms with van der Waals surface area (Å²) in [6, 6.07) is 13.3. The number of aromatic nitrogens is 2. The van der Waals surface area contributed by atoms with E-state index >= 15 is 0 Å². The van der Waals surface area contributed by atoms with Gasteiger partial charge in [-0.1, -0.05) is 29.5 Å². The Morgan fingerprint density at radius 1 is 1.14 bits per heavy atom. The van der Waals surface area contributed by atoms with Gasteiger partial charge in [-0.05, 0) is 66.7 Å². The lowest BCUT2D eigenvalue weighted by Gasteiger charge is -2.14. The molecule has 0 saturated carbocycles. The minimum Gasteiger partial charge on any atom is -0.444 e. The highest BCUT2D eigenvalue weighted by atomic mass is 32.1. The van der Waals surface area contributed by atoms with E-state index in [-0.39, 0.29) is 5.91 Å². The van der Waals surface area contributed by atoms with E-state index in [0.29, 0.717) is 10.6 Å². The van der Waals surface area contributed by atoms with Crippen molar-refractivity contribution in [2.45, 2.75) is 19.8 Å². The molecule has 0 atom stereocenters. The van der Waals surface area contributed by atoms with Crippen LogP contribution >= 0.6 is 22.9 Å². The number of aryl methyl sites for hydroxylation is 2. The van der Waals surface area contributed by atoms with Crippen LogP contribution in [0.4, 0.5) is 5.69 Å². The number of pyridine rings is 1. The summed E-state index contributed by atoms with van der Waals surface area (Å²) in [6.45, 7) is 1.91. The number of carbonyl (C=O) groups is 1. The fourth-order valence-electron chi connectivity index (χ4n) is 3.46. The molecule has 3 heterocycles. The Bertz CT molecular complexity index is 1200. The van der Waals surface area contributed by atoms with Gasteiger partial charge >= 0.3 is 0 Å². The van der Waals surface area contributed by atoms with Crippen molar-refractivity contribution >= 4 is 34.5 Å². The molecule has 0 radical (unpaired) electrons. The van der Waals surface area contributed by atoms with Gasteiger partial charge in [0.25, 0.3) is 5.91 Å². The van der Waals surface area contributed by atoms with Crippen molar-refractivity contribution in [2.24, 2.45) is 0 Å². The highest BCUT2D eigenvalue weighted by Gasteiger charge is 2.31. The maximum absolute atomic E-state index is 13.1. The number of fused-ring (bicyclic) bond motifs is 3. The summed E-state index contributed by atoms with van der Waals surface area (Å²) in [4.78, 5) is 19.2. The molecule has 0 spiro atoms. The fourth-order valence-corrected chi connectivity index (χ4v) is 5.50. The van der Waals surface area contributed by atoms with Crippen LogP contribution in [0.5, 0.6) is 10.8 Å². The van der Waals surface area contributed by atoms with Gasteiger partial charge in [0.1, 0.15) is 5.75 Å². The standard InChI is InChI=1S/C22H17N3O2S2/c1-13-17(8-5-11-23-13)27-22-18-16(10-9-14-12-24-29-19(14)18)20(28-22)21(26)25-15-6-3-2-4-7-15/h2-8,11-12H,9-10H2,1H3,(H,25,26). The van der Waals surface area contributed by atoms with Gasteiger partial charge in [-0.15, -0.1) is 0 Å². The molecule has 0 fully saturated rings. The zero-order valence-electron chi connectivity index (χ0n) is 15.6. The van der Waals surface area contributed by atoms with E-state index < -0.39 is 0 Å². The number of anilines is 1. The number of hydrogen-bond acceptors (Lipinski definition) is 6. The van der Waals surface area contributed by atoms with Crippen LogP contribution in [0.1, 0.15) is 26.5 Å². The summed E-state index contributed by atoms with van der Waals surface area (Å²) in [5.74, 6) is 0.589. The van der Waals surface area contributed by atoms with Crippen LogP contribution in [0.25, 0.3) is 10.4 Å². The molecule has 1 amide bonds. The third kappa shape index (κ3) is 3.32. The van der Waals surface area contributed by atoms with Gasteiger partial charge in [0.15, 0.2) is 5.06 Å². The molecule has 4 aromatic rings. The molecule has 0 aliphatic heterocycles. The first kappa shape index (κ1) is 18.0. The van der Waals surface area contributed by atoms with Crippen molar-refractivity contribution in [1.29, 1.82) is 0 Å². The number of carbonyl (C=O) groups excluding carboxylic acids is 1. The van der Waals surface area contributed by atoms with Gasteiger partial charge in [-0.2, -0.15) is 0 Å². The molecular formula is C22H17N3O2S2. The minimum absolute atomic E-state index is 0.108. The lowest BCUT2D eigenvalue weighted by Crippen LogP contribution is -2.13. The molecule has 29 heavy (non-hydrogen) atoms. The quantitative estimate of drug-likeness (QED) is 0.460. The van der Waals surface area contributed by atoms with Crippen molar-refractivity contribution < 1.29 is 9.53 Å². The molecule has 1 aromatic carbocycles. The monoisotopic (exact) mass is 419 g/mol. The first-order valence-electron chi connectivity index (χ1n) is 9.26. The van der Waals surface area contributed by atoms with Crippen LogP contribution in [0, 0.1) is 6.92 Å². The summed E-state index contributed by atoms with van der Waals surface area (Å²) in [6.07, 6.45) is 5.34. The Hall–Kier alpha value is -3.03. The Morgan fingerprint density at radius 3 is 2.83 bits per heavy atom. The van der Waals surface area contributed by atoms with Crippen LogP contribution in [0.15, 0.2) is 54.9 Å².